The Hall–Kier alpha value is -2.14. The Morgan fingerprint density at radius 2 is 1.83 bits per heavy atom. The van der Waals surface area contributed by atoms with Crippen molar-refractivity contribution in [1.82, 2.24) is 9.47 Å². The smallest absolute Gasteiger partial charge is 0.251 e. The van der Waals surface area contributed by atoms with Crippen LogP contribution in [-0.4, -0.2) is 41.7 Å². The minimum absolute atomic E-state index is 0.0277. The quantitative estimate of drug-likeness (QED) is 0.865. The van der Waals surface area contributed by atoms with Crippen molar-refractivity contribution in [2.75, 3.05) is 20.2 Å². The van der Waals surface area contributed by atoms with E-state index in [4.69, 9.17) is 4.74 Å². The Kier molecular flexibility index (Phi) is 3.88. The molecule has 1 unspecified atom stereocenters. The Morgan fingerprint density at radius 1 is 1.12 bits per heavy atom. The molecule has 5 heteroatoms. The summed E-state index contributed by atoms with van der Waals surface area (Å²) in [6.07, 6.45) is 2.54. The van der Waals surface area contributed by atoms with Gasteiger partial charge >= 0.3 is 0 Å². The molecule has 0 radical (unpaired) electrons. The number of benzene rings is 1. The molecule has 4 rings (SSSR count). The Labute approximate surface area is 140 Å². The molecule has 2 aliphatic rings. The molecule has 24 heavy (non-hydrogen) atoms. The Bertz CT molecular complexity index is 815. The summed E-state index contributed by atoms with van der Waals surface area (Å²) < 4.78 is 7.19. The van der Waals surface area contributed by atoms with Crippen molar-refractivity contribution in [1.29, 1.82) is 0 Å². The maximum atomic E-state index is 12.8. The van der Waals surface area contributed by atoms with Crippen LogP contribution in [-0.2, 0) is 16.1 Å². The minimum atomic E-state index is -0.128. The zero-order valence-electron chi connectivity index (χ0n) is 13.9. The van der Waals surface area contributed by atoms with Gasteiger partial charge in [-0.15, -0.1) is 0 Å². The fourth-order valence-electron chi connectivity index (χ4n) is 4.40. The summed E-state index contributed by atoms with van der Waals surface area (Å²) in [4.78, 5) is 27.0. The van der Waals surface area contributed by atoms with E-state index in [1.165, 1.54) is 6.07 Å². The molecule has 1 saturated heterocycles. The lowest BCUT2D eigenvalue weighted by Gasteiger charge is -2.37. The predicted molar refractivity (Wildman–Crippen MR) is 91.8 cm³/mol. The summed E-state index contributed by atoms with van der Waals surface area (Å²) >= 11 is 0. The van der Waals surface area contributed by atoms with Gasteiger partial charge in [-0.2, -0.15) is 0 Å². The van der Waals surface area contributed by atoms with Gasteiger partial charge in [-0.25, -0.2) is 0 Å². The number of fused-ring (bicyclic) bond motifs is 3. The minimum Gasteiger partial charge on any atom is -0.381 e. The first-order valence-corrected chi connectivity index (χ1v) is 8.56. The summed E-state index contributed by atoms with van der Waals surface area (Å²) in [5.74, 6) is 0.892. The molecule has 1 saturated carbocycles. The predicted octanol–water partition coefficient (Wildman–Crippen LogP) is 1.88. The molecule has 2 aromatic rings. The van der Waals surface area contributed by atoms with Crippen LogP contribution in [0.5, 0.6) is 0 Å². The first kappa shape index (κ1) is 15.4. The van der Waals surface area contributed by atoms with Crippen LogP contribution in [0.3, 0.4) is 0 Å². The number of likely N-dealkylation sites (tertiary alicyclic amines) is 1. The topological polar surface area (TPSA) is 51.5 Å². The van der Waals surface area contributed by atoms with Crippen LogP contribution in [0.25, 0.3) is 10.9 Å². The normalized spacial score (nSPS) is 26.0. The number of ether oxygens (including phenoxy) is 1. The highest BCUT2D eigenvalue weighted by molar-refractivity contribution is 5.82. The van der Waals surface area contributed by atoms with Crippen molar-refractivity contribution in [3.8, 4) is 0 Å². The maximum Gasteiger partial charge on any atom is 0.251 e. The molecule has 1 aromatic heterocycles. The molecule has 0 spiro atoms. The number of piperidine rings is 1. The monoisotopic (exact) mass is 326 g/mol. The first-order valence-electron chi connectivity index (χ1n) is 8.56. The van der Waals surface area contributed by atoms with E-state index >= 15 is 0 Å². The summed E-state index contributed by atoms with van der Waals surface area (Å²) in [6.45, 7) is 1.60. The van der Waals surface area contributed by atoms with E-state index in [1.54, 1.807) is 11.7 Å². The van der Waals surface area contributed by atoms with Crippen LogP contribution in [0.2, 0.25) is 0 Å². The summed E-state index contributed by atoms with van der Waals surface area (Å²) in [7, 11) is 1.77. The molecule has 2 bridgehead atoms. The second-order valence-electron chi connectivity index (χ2n) is 6.91. The summed E-state index contributed by atoms with van der Waals surface area (Å²) in [5, 5.41) is 0.975. The lowest BCUT2D eigenvalue weighted by Crippen LogP contribution is -2.49. The van der Waals surface area contributed by atoms with E-state index in [1.807, 2.05) is 35.2 Å². The Morgan fingerprint density at radius 3 is 2.54 bits per heavy atom. The fraction of sp³-hybridized carbons (Fsp3) is 0.474. The van der Waals surface area contributed by atoms with Crippen molar-refractivity contribution in [3.63, 3.8) is 0 Å². The van der Waals surface area contributed by atoms with Gasteiger partial charge in [0.05, 0.1) is 11.6 Å². The zero-order valence-corrected chi connectivity index (χ0v) is 13.9. The number of pyridine rings is 1. The summed E-state index contributed by atoms with van der Waals surface area (Å²) in [5.41, 5.74) is 0.685. The van der Waals surface area contributed by atoms with Crippen LogP contribution in [0, 0.1) is 11.8 Å². The lowest BCUT2D eigenvalue weighted by atomic mass is 9.95. The van der Waals surface area contributed by atoms with E-state index in [0.717, 1.165) is 36.8 Å². The van der Waals surface area contributed by atoms with Gasteiger partial charge in [0.15, 0.2) is 0 Å². The van der Waals surface area contributed by atoms with E-state index in [2.05, 4.69) is 0 Å². The Balaban J connectivity index is 1.58. The van der Waals surface area contributed by atoms with Crippen molar-refractivity contribution in [3.05, 3.63) is 46.8 Å². The number of aromatic nitrogens is 1. The van der Waals surface area contributed by atoms with E-state index in [0.29, 0.717) is 11.8 Å². The summed E-state index contributed by atoms with van der Waals surface area (Å²) in [6, 6.07) is 11.0. The van der Waals surface area contributed by atoms with E-state index in [9.17, 15) is 9.59 Å². The number of carbonyl (C=O) groups is 1. The molecule has 126 valence electrons. The highest BCUT2D eigenvalue weighted by Crippen LogP contribution is 2.38. The van der Waals surface area contributed by atoms with E-state index < -0.39 is 0 Å². The number of para-hydroxylation sites is 1. The van der Waals surface area contributed by atoms with Crippen LogP contribution in [0.15, 0.2) is 41.2 Å². The number of rotatable bonds is 3. The molecule has 1 aromatic carbocycles. The second kappa shape index (κ2) is 6.06. The number of amides is 1. The number of hydrogen-bond donors (Lipinski definition) is 0. The molecule has 2 heterocycles. The standard InChI is InChI=1S/C19H22N2O3/c1-24-19-14-6-7-15(19)11-20(10-14)18(23)12-21-16-5-3-2-4-13(16)8-9-17(21)22/h2-5,8-9,14-15,19H,6-7,10-12H2,1H3/t14-,15+,19?. The van der Waals surface area contributed by atoms with Crippen LogP contribution < -0.4 is 5.56 Å². The average molecular weight is 326 g/mol. The van der Waals surface area contributed by atoms with Crippen LogP contribution in [0.1, 0.15) is 12.8 Å². The maximum absolute atomic E-state index is 12.8. The van der Waals surface area contributed by atoms with Crippen molar-refractivity contribution >= 4 is 16.8 Å². The van der Waals surface area contributed by atoms with Gasteiger partial charge in [-0.05, 0) is 30.4 Å². The number of nitrogens with zero attached hydrogens (tertiary/aromatic N) is 2. The van der Waals surface area contributed by atoms with Gasteiger partial charge in [0, 0.05) is 38.1 Å². The number of carbonyl (C=O) groups excluding carboxylic acids is 1. The number of methoxy groups -OCH3 is 1. The third-order valence-electron chi connectivity index (χ3n) is 5.56. The van der Waals surface area contributed by atoms with E-state index in [-0.39, 0.29) is 24.1 Å². The average Bonchev–Trinajstić information content (AvgIpc) is 2.85. The molecular formula is C19H22N2O3. The largest absolute Gasteiger partial charge is 0.381 e. The van der Waals surface area contributed by atoms with Gasteiger partial charge in [-0.1, -0.05) is 18.2 Å². The van der Waals surface area contributed by atoms with Gasteiger partial charge < -0.3 is 9.64 Å². The van der Waals surface area contributed by atoms with Crippen molar-refractivity contribution < 1.29 is 9.53 Å². The first-order chi connectivity index (χ1) is 11.7. The molecule has 2 fully saturated rings. The highest BCUT2D eigenvalue weighted by atomic mass is 16.5. The molecule has 3 atom stereocenters. The molecule has 5 nitrogen and oxygen atoms in total. The van der Waals surface area contributed by atoms with Gasteiger partial charge in [0.1, 0.15) is 6.54 Å². The van der Waals surface area contributed by atoms with Crippen molar-refractivity contribution in [2.45, 2.75) is 25.5 Å². The third-order valence-corrected chi connectivity index (χ3v) is 5.56. The van der Waals surface area contributed by atoms with Gasteiger partial charge in [0.25, 0.3) is 5.56 Å². The molecule has 1 aliphatic heterocycles. The lowest BCUT2D eigenvalue weighted by molar-refractivity contribution is -0.137. The van der Waals surface area contributed by atoms with Gasteiger partial charge in [-0.3, -0.25) is 14.2 Å². The molecule has 1 aliphatic carbocycles. The third kappa shape index (κ3) is 2.53. The molecule has 0 N–H and O–H groups in total. The fourth-order valence-corrected chi connectivity index (χ4v) is 4.40. The highest BCUT2D eigenvalue weighted by Gasteiger charge is 2.43. The van der Waals surface area contributed by atoms with Gasteiger partial charge in [0.2, 0.25) is 5.91 Å². The molecular weight excluding hydrogens is 304 g/mol. The molecule has 1 amide bonds. The van der Waals surface area contributed by atoms with Crippen molar-refractivity contribution in [2.24, 2.45) is 11.8 Å². The second-order valence-corrected chi connectivity index (χ2v) is 6.91. The SMILES string of the molecule is COC1[C@@H]2CC[C@H]1CN(C(=O)Cn1c(=O)ccc3ccccc31)C2. The van der Waals surface area contributed by atoms with Crippen LogP contribution in [0.4, 0.5) is 0 Å². The number of hydrogen-bond acceptors (Lipinski definition) is 3. The van der Waals surface area contributed by atoms with Crippen LogP contribution >= 0.6 is 0 Å². The zero-order chi connectivity index (χ0) is 16.7.